The standard InChI is InChI=1S/C17H15N3O3S/c18-16(21)15-11-14(19-20(15)12-5-2-1-3-6-12)17(22)23-9-8-13-7-4-10-24-13/h1-7,10-11H,8-9H2,(H2,18,21). The molecule has 2 N–H and O–H groups in total. The maximum atomic E-state index is 12.1. The highest BCUT2D eigenvalue weighted by molar-refractivity contribution is 7.09. The summed E-state index contributed by atoms with van der Waals surface area (Å²) >= 11 is 1.61. The van der Waals surface area contributed by atoms with Crippen molar-refractivity contribution in [1.29, 1.82) is 0 Å². The fraction of sp³-hybridized carbons (Fsp3) is 0.118. The molecule has 0 unspecified atom stereocenters. The van der Waals surface area contributed by atoms with E-state index in [1.165, 1.54) is 10.7 Å². The molecule has 0 spiro atoms. The number of rotatable bonds is 6. The topological polar surface area (TPSA) is 87.2 Å². The molecule has 3 rings (SSSR count). The third kappa shape index (κ3) is 3.52. The lowest BCUT2D eigenvalue weighted by Crippen LogP contribution is -2.16. The lowest BCUT2D eigenvalue weighted by Gasteiger charge is -2.04. The molecule has 0 fully saturated rings. The number of para-hydroxylation sites is 1. The summed E-state index contributed by atoms with van der Waals surface area (Å²) in [6.07, 6.45) is 0.644. The van der Waals surface area contributed by atoms with E-state index in [1.54, 1.807) is 35.6 Å². The van der Waals surface area contributed by atoms with Crippen LogP contribution < -0.4 is 5.73 Å². The van der Waals surface area contributed by atoms with Crippen molar-refractivity contribution < 1.29 is 14.3 Å². The first kappa shape index (κ1) is 15.9. The number of hydrogen-bond donors (Lipinski definition) is 1. The zero-order valence-corrected chi connectivity index (χ0v) is 13.5. The van der Waals surface area contributed by atoms with Gasteiger partial charge in [0.25, 0.3) is 5.91 Å². The molecule has 6 nitrogen and oxygen atoms in total. The fourth-order valence-corrected chi connectivity index (χ4v) is 2.89. The second kappa shape index (κ2) is 7.10. The van der Waals surface area contributed by atoms with Crippen LogP contribution in [0.5, 0.6) is 0 Å². The van der Waals surface area contributed by atoms with Gasteiger partial charge in [-0.25, -0.2) is 9.48 Å². The zero-order valence-electron chi connectivity index (χ0n) is 12.7. The van der Waals surface area contributed by atoms with E-state index < -0.39 is 11.9 Å². The number of aromatic nitrogens is 2. The number of benzene rings is 1. The average Bonchev–Trinajstić information content (AvgIpc) is 3.25. The van der Waals surface area contributed by atoms with Crippen LogP contribution in [0.4, 0.5) is 0 Å². The molecule has 0 atom stereocenters. The second-order valence-corrected chi connectivity index (χ2v) is 6.02. The van der Waals surface area contributed by atoms with Crippen LogP contribution in [0.25, 0.3) is 5.69 Å². The normalized spacial score (nSPS) is 10.5. The van der Waals surface area contributed by atoms with E-state index in [0.717, 1.165) is 4.88 Å². The van der Waals surface area contributed by atoms with Crippen molar-refractivity contribution in [2.75, 3.05) is 6.61 Å². The molecule has 1 amide bonds. The fourth-order valence-electron chi connectivity index (χ4n) is 2.20. The van der Waals surface area contributed by atoms with Gasteiger partial charge in [0, 0.05) is 17.4 Å². The Morgan fingerprint density at radius 2 is 1.96 bits per heavy atom. The van der Waals surface area contributed by atoms with Gasteiger partial charge in [0.05, 0.1) is 12.3 Å². The molecule has 2 heterocycles. The van der Waals surface area contributed by atoms with Gasteiger partial charge in [0.1, 0.15) is 5.69 Å². The molecule has 1 aromatic carbocycles. The van der Waals surface area contributed by atoms with Gasteiger partial charge in [-0.2, -0.15) is 5.10 Å². The Kier molecular flexibility index (Phi) is 4.72. The molecule has 24 heavy (non-hydrogen) atoms. The predicted molar refractivity (Wildman–Crippen MR) is 90.4 cm³/mol. The van der Waals surface area contributed by atoms with Crippen molar-refractivity contribution in [3.63, 3.8) is 0 Å². The van der Waals surface area contributed by atoms with Gasteiger partial charge in [0.15, 0.2) is 5.69 Å². The van der Waals surface area contributed by atoms with Crippen LogP contribution in [0.1, 0.15) is 25.9 Å². The van der Waals surface area contributed by atoms with Gasteiger partial charge in [-0.1, -0.05) is 24.3 Å². The minimum atomic E-state index is -0.663. The van der Waals surface area contributed by atoms with Gasteiger partial charge in [-0.15, -0.1) is 11.3 Å². The number of carbonyl (C=O) groups excluding carboxylic acids is 2. The Morgan fingerprint density at radius 1 is 1.17 bits per heavy atom. The van der Waals surface area contributed by atoms with Gasteiger partial charge < -0.3 is 10.5 Å². The van der Waals surface area contributed by atoms with Crippen LogP contribution in [0.2, 0.25) is 0 Å². The largest absolute Gasteiger partial charge is 0.461 e. The van der Waals surface area contributed by atoms with Crippen molar-refractivity contribution in [1.82, 2.24) is 9.78 Å². The number of primary amides is 1. The van der Waals surface area contributed by atoms with Crippen LogP contribution >= 0.6 is 11.3 Å². The van der Waals surface area contributed by atoms with Crippen LogP contribution in [0.3, 0.4) is 0 Å². The number of thiophene rings is 1. The van der Waals surface area contributed by atoms with Crippen molar-refractivity contribution >= 4 is 23.2 Å². The molecule has 0 aliphatic carbocycles. The van der Waals surface area contributed by atoms with Gasteiger partial charge >= 0.3 is 5.97 Å². The quantitative estimate of drug-likeness (QED) is 0.698. The first-order chi connectivity index (χ1) is 11.6. The highest BCUT2D eigenvalue weighted by atomic mass is 32.1. The van der Waals surface area contributed by atoms with Gasteiger partial charge in [0.2, 0.25) is 0 Å². The van der Waals surface area contributed by atoms with E-state index >= 15 is 0 Å². The minimum absolute atomic E-state index is 0.0545. The smallest absolute Gasteiger partial charge is 0.358 e. The van der Waals surface area contributed by atoms with Crippen LogP contribution in [-0.4, -0.2) is 28.3 Å². The van der Waals surface area contributed by atoms with E-state index in [9.17, 15) is 9.59 Å². The molecule has 0 bridgehead atoms. The summed E-state index contributed by atoms with van der Waals surface area (Å²) in [6, 6.07) is 14.3. The molecule has 3 aromatic rings. The molecule has 2 aromatic heterocycles. The third-order valence-electron chi connectivity index (χ3n) is 3.33. The number of nitrogens with two attached hydrogens (primary N) is 1. The van der Waals surface area contributed by atoms with Crippen molar-refractivity contribution in [2.45, 2.75) is 6.42 Å². The van der Waals surface area contributed by atoms with Crippen LogP contribution in [0.15, 0.2) is 53.9 Å². The molecule has 0 aliphatic heterocycles. The Morgan fingerprint density at radius 3 is 2.62 bits per heavy atom. The molecule has 0 saturated carbocycles. The molecular formula is C17H15N3O3S. The van der Waals surface area contributed by atoms with E-state index in [2.05, 4.69) is 5.10 Å². The number of nitrogens with zero attached hydrogens (tertiary/aromatic N) is 2. The van der Waals surface area contributed by atoms with Crippen molar-refractivity contribution in [3.05, 3.63) is 70.2 Å². The van der Waals surface area contributed by atoms with Crippen LogP contribution in [-0.2, 0) is 11.2 Å². The molecule has 7 heteroatoms. The van der Waals surface area contributed by atoms with E-state index in [-0.39, 0.29) is 18.0 Å². The first-order valence-electron chi connectivity index (χ1n) is 7.30. The number of hydrogen-bond acceptors (Lipinski definition) is 5. The average molecular weight is 341 g/mol. The van der Waals surface area contributed by atoms with Crippen LogP contribution in [0, 0.1) is 0 Å². The highest BCUT2D eigenvalue weighted by Gasteiger charge is 2.19. The molecule has 0 aliphatic rings. The molecule has 122 valence electrons. The summed E-state index contributed by atoms with van der Waals surface area (Å²) in [5.41, 5.74) is 6.21. The van der Waals surface area contributed by atoms with E-state index in [0.29, 0.717) is 12.1 Å². The molecular weight excluding hydrogens is 326 g/mol. The molecule has 0 radical (unpaired) electrons. The second-order valence-electron chi connectivity index (χ2n) is 4.99. The van der Waals surface area contributed by atoms with Gasteiger partial charge in [-0.3, -0.25) is 4.79 Å². The van der Waals surface area contributed by atoms with Gasteiger partial charge in [-0.05, 0) is 23.6 Å². The maximum Gasteiger partial charge on any atom is 0.358 e. The number of ether oxygens (including phenoxy) is 1. The van der Waals surface area contributed by atoms with Crippen molar-refractivity contribution in [2.24, 2.45) is 5.73 Å². The monoisotopic (exact) mass is 341 g/mol. The summed E-state index contributed by atoms with van der Waals surface area (Å²) in [5.74, 6) is -1.24. The number of carbonyl (C=O) groups is 2. The zero-order chi connectivity index (χ0) is 16.9. The predicted octanol–water partition coefficient (Wildman–Crippen LogP) is 2.43. The first-order valence-corrected chi connectivity index (χ1v) is 8.18. The Bertz CT molecular complexity index is 841. The Labute approximate surface area is 142 Å². The number of amides is 1. The summed E-state index contributed by atoms with van der Waals surface area (Å²) in [6.45, 7) is 0.253. The summed E-state index contributed by atoms with van der Waals surface area (Å²) in [4.78, 5) is 24.9. The molecule has 0 saturated heterocycles. The van der Waals surface area contributed by atoms with E-state index in [4.69, 9.17) is 10.5 Å². The lowest BCUT2D eigenvalue weighted by atomic mass is 10.3. The maximum absolute atomic E-state index is 12.1. The number of esters is 1. The summed E-state index contributed by atoms with van der Waals surface area (Å²) in [5, 5.41) is 6.13. The summed E-state index contributed by atoms with van der Waals surface area (Å²) in [7, 11) is 0. The minimum Gasteiger partial charge on any atom is -0.461 e. The summed E-state index contributed by atoms with van der Waals surface area (Å²) < 4.78 is 6.57. The lowest BCUT2D eigenvalue weighted by molar-refractivity contribution is 0.0502. The van der Waals surface area contributed by atoms with E-state index in [1.807, 2.05) is 23.6 Å². The third-order valence-corrected chi connectivity index (χ3v) is 4.27. The SMILES string of the molecule is NC(=O)c1cc(C(=O)OCCc2cccs2)nn1-c1ccccc1. The van der Waals surface area contributed by atoms with Crippen molar-refractivity contribution in [3.8, 4) is 5.69 Å². The highest BCUT2D eigenvalue weighted by Crippen LogP contribution is 2.14. The Hall–Kier alpha value is -2.93. The Balaban J connectivity index is 1.76.